The lowest BCUT2D eigenvalue weighted by Crippen LogP contribution is -2.51. The molecule has 0 radical (unpaired) electrons. The number of carbonyl (C=O) groups is 1. The van der Waals surface area contributed by atoms with Crippen molar-refractivity contribution in [2.45, 2.75) is 26.3 Å². The molecule has 0 saturated carbocycles. The predicted molar refractivity (Wildman–Crippen MR) is 76.7 cm³/mol. The molecule has 104 valence electrons. The molecule has 1 atom stereocenters. The maximum absolute atomic E-state index is 11.0. The van der Waals surface area contributed by atoms with E-state index in [0.29, 0.717) is 0 Å². The first-order chi connectivity index (χ1) is 9.11. The summed E-state index contributed by atoms with van der Waals surface area (Å²) in [6.07, 6.45) is 1.06. The van der Waals surface area contributed by atoms with Crippen LogP contribution in [0.15, 0.2) is 24.3 Å². The Balaban J connectivity index is 1.93. The van der Waals surface area contributed by atoms with Crippen molar-refractivity contribution in [3.05, 3.63) is 29.8 Å². The van der Waals surface area contributed by atoms with Crippen molar-refractivity contribution in [1.82, 2.24) is 4.90 Å². The van der Waals surface area contributed by atoms with Gasteiger partial charge in [0.1, 0.15) is 6.04 Å². The molecule has 1 aliphatic rings. The van der Waals surface area contributed by atoms with Crippen LogP contribution in [0, 0.1) is 0 Å². The number of anilines is 1. The molecule has 0 amide bonds. The molecular formula is C15H22N2O2. The van der Waals surface area contributed by atoms with E-state index in [2.05, 4.69) is 36.1 Å². The molecule has 0 bridgehead atoms. The van der Waals surface area contributed by atoms with Crippen LogP contribution in [0.3, 0.4) is 0 Å². The summed E-state index contributed by atoms with van der Waals surface area (Å²) >= 11 is 0. The lowest BCUT2D eigenvalue weighted by atomic mass is 10.1. The molecule has 0 unspecified atom stereocenters. The van der Waals surface area contributed by atoms with E-state index in [1.165, 1.54) is 11.3 Å². The first-order valence-corrected chi connectivity index (χ1v) is 6.92. The number of aliphatic carboxylic acids is 1. The van der Waals surface area contributed by atoms with Gasteiger partial charge in [0, 0.05) is 31.9 Å². The Bertz CT molecular complexity index is 422. The minimum Gasteiger partial charge on any atom is -0.480 e. The molecule has 0 spiro atoms. The van der Waals surface area contributed by atoms with Gasteiger partial charge in [-0.25, -0.2) is 0 Å². The summed E-state index contributed by atoms with van der Waals surface area (Å²) in [5, 5.41) is 9.02. The average molecular weight is 262 g/mol. The molecule has 1 heterocycles. The zero-order valence-corrected chi connectivity index (χ0v) is 11.7. The zero-order chi connectivity index (χ0) is 13.8. The first-order valence-electron chi connectivity index (χ1n) is 6.92. The second kappa shape index (κ2) is 6.06. The second-order valence-corrected chi connectivity index (χ2v) is 5.06. The molecular weight excluding hydrogens is 240 g/mol. The Hall–Kier alpha value is -1.55. The minimum absolute atomic E-state index is 0.385. The summed E-state index contributed by atoms with van der Waals surface area (Å²) in [4.78, 5) is 15.3. The Labute approximate surface area is 114 Å². The highest BCUT2D eigenvalue weighted by Gasteiger charge is 2.25. The number of benzene rings is 1. The van der Waals surface area contributed by atoms with Gasteiger partial charge in [-0.2, -0.15) is 0 Å². The molecule has 0 aromatic heterocycles. The molecule has 2 rings (SSSR count). The van der Waals surface area contributed by atoms with Gasteiger partial charge < -0.3 is 10.0 Å². The Kier molecular flexibility index (Phi) is 4.43. The van der Waals surface area contributed by atoms with E-state index < -0.39 is 5.97 Å². The number of rotatable bonds is 4. The summed E-state index contributed by atoms with van der Waals surface area (Å²) in [6, 6.07) is 8.28. The third-order valence-corrected chi connectivity index (χ3v) is 3.93. The number of hydrogen-bond acceptors (Lipinski definition) is 3. The van der Waals surface area contributed by atoms with E-state index in [1.54, 1.807) is 6.92 Å². The van der Waals surface area contributed by atoms with Crippen LogP contribution in [0.5, 0.6) is 0 Å². The fourth-order valence-electron chi connectivity index (χ4n) is 2.47. The standard InChI is InChI=1S/C15H22N2O2/c1-3-13-4-6-14(7-5-13)17-10-8-16(9-11-17)12(2)15(18)19/h4-7,12H,3,8-11H2,1-2H3,(H,18,19)/t12-/m1/s1. The van der Waals surface area contributed by atoms with E-state index in [4.69, 9.17) is 5.11 Å². The van der Waals surface area contributed by atoms with Crippen molar-refractivity contribution in [2.24, 2.45) is 0 Å². The van der Waals surface area contributed by atoms with Crippen molar-refractivity contribution >= 4 is 11.7 Å². The molecule has 4 nitrogen and oxygen atoms in total. The smallest absolute Gasteiger partial charge is 0.320 e. The Morgan fingerprint density at radius 3 is 2.26 bits per heavy atom. The van der Waals surface area contributed by atoms with Gasteiger partial charge in [0.25, 0.3) is 0 Å². The van der Waals surface area contributed by atoms with Gasteiger partial charge in [0.2, 0.25) is 0 Å². The van der Waals surface area contributed by atoms with E-state index in [-0.39, 0.29) is 6.04 Å². The molecule has 4 heteroatoms. The van der Waals surface area contributed by atoms with E-state index in [9.17, 15) is 4.79 Å². The fourth-order valence-corrected chi connectivity index (χ4v) is 2.47. The molecule has 0 aliphatic carbocycles. The lowest BCUT2D eigenvalue weighted by molar-refractivity contribution is -0.142. The van der Waals surface area contributed by atoms with Crippen LogP contribution < -0.4 is 4.90 Å². The topological polar surface area (TPSA) is 43.8 Å². The molecule has 1 fully saturated rings. The quantitative estimate of drug-likeness (QED) is 0.899. The molecule has 19 heavy (non-hydrogen) atoms. The molecule has 1 N–H and O–H groups in total. The van der Waals surface area contributed by atoms with Gasteiger partial charge >= 0.3 is 5.97 Å². The highest BCUT2D eigenvalue weighted by atomic mass is 16.4. The number of aryl methyl sites for hydroxylation is 1. The van der Waals surface area contributed by atoms with Crippen LogP contribution in [0.25, 0.3) is 0 Å². The van der Waals surface area contributed by atoms with Gasteiger partial charge in [-0.3, -0.25) is 9.69 Å². The summed E-state index contributed by atoms with van der Waals surface area (Å²) in [5.74, 6) is -0.735. The minimum atomic E-state index is -0.735. The zero-order valence-electron chi connectivity index (χ0n) is 11.7. The van der Waals surface area contributed by atoms with E-state index in [0.717, 1.165) is 32.6 Å². The average Bonchev–Trinajstić information content (AvgIpc) is 2.46. The number of carboxylic acids is 1. The number of hydrogen-bond donors (Lipinski definition) is 1. The molecule has 1 aliphatic heterocycles. The van der Waals surface area contributed by atoms with Crippen LogP contribution in [0.4, 0.5) is 5.69 Å². The highest BCUT2D eigenvalue weighted by molar-refractivity contribution is 5.72. The van der Waals surface area contributed by atoms with Crippen molar-refractivity contribution in [3.8, 4) is 0 Å². The third kappa shape index (κ3) is 3.26. The Morgan fingerprint density at radius 1 is 1.21 bits per heavy atom. The fraction of sp³-hybridized carbons (Fsp3) is 0.533. The number of carboxylic acid groups (broad SMARTS) is 1. The molecule has 1 aromatic rings. The van der Waals surface area contributed by atoms with Crippen LogP contribution in [-0.2, 0) is 11.2 Å². The van der Waals surface area contributed by atoms with Crippen molar-refractivity contribution < 1.29 is 9.90 Å². The van der Waals surface area contributed by atoms with Crippen molar-refractivity contribution in [1.29, 1.82) is 0 Å². The van der Waals surface area contributed by atoms with Crippen LogP contribution in [0.2, 0.25) is 0 Å². The summed E-state index contributed by atoms with van der Waals surface area (Å²) in [6.45, 7) is 7.31. The maximum Gasteiger partial charge on any atom is 0.320 e. The number of nitrogens with zero attached hydrogens (tertiary/aromatic N) is 2. The molecule has 1 saturated heterocycles. The van der Waals surface area contributed by atoms with Crippen LogP contribution in [-0.4, -0.2) is 48.2 Å². The predicted octanol–water partition coefficient (Wildman–Crippen LogP) is 1.84. The molecule has 1 aromatic carbocycles. The van der Waals surface area contributed by atoms with Gasteiger partial charge in [0.05, 0.1) is 0 Å². The SMILES string of the molecule is CCc1ccc(N2CCN([C@H](C)C(=O)O)CC2)cc1. The van der Waals surface area contributed by atoms with Crippen molar-refractivity contribution in [2.75, 3.05) is 31.1 Å². The first kappa shape index (κ1) is 13.9. The van der Waals surface area contributed by atoms with Crippen LogP contribution in [0.1, 0.15) is 19.4 Å². The monoisotopic (exact) mass is 262 g/mol. The van der Waals surface area contributed by atoms with E-state index >= 15 is 0 Å². The van der Waals surface area contributed by atoms with E-state index in [1.807, 2.05) is 4.90 Å². The van der Waals surface area contributed by atoms with Crippen molar-refractivity contribution in [3.63, 3.8) is 0 Å². The van der Waals surface area contributed by atoms with Gasteiger partial charge in [0.15, 0.2) is 0 Å². The second-order valence-electron chi connectivity index (χ2n) is 5.06. The largest absolute Gasteiger partial charge is 0.480 e. The highest BCUT2D eigenvalue weighted by Crippen LogP contribution is 2.18. The summed E-state index contributed by atoms with van der Waals surface area (Å²) in [5.41, 5.74) is 2.58. The summed E-state index contributed by atoms with van der Waals surface area (Å²) in [7, 11) is 0. The normalized spacial score (nSPS) is 18.3. The lowest BCUT2D eigenvalue weighted by Gasteiger charge is -2.37. The van der Waals surface area contributed by atoms with Gasteiger partial charge in [-0.15, -0.1) is 0 Å². The Morgan fingerprint density at radius 2 is 1.79 bits per heavy atom. The summed E-state index contributed by atoms with van der Waals surface area (Å²) < 4.78 is 0. The maximum atomic E-state index is 11.0. The van der Waals surface area contributed by atoms with Gasteiger partial charge in [-0.05, 0) is 31.0 Å². The third-order valence-electron chi connectivity index (χ3n) is 3.93. The number of piperazine rings is 1. The van der Waals surface area contributed by atoms with Gasteiger partial charge in [-0.1, -0.05) is 19.1 Å². The van der Waals surface area contributed by atoms with Crippen LogP contribution >= 0.6 is 0 Å².